The van der Waals surface area contributed by atoms with Gasteiger partial charge >= 0.3 is 0 Å². The first-order chi connectivity index (χ1) is 26.8. The molecule has 4 heteroatoms. The Kier molecular flexibility index (Phi) is 5.67. The lowest BCUT2D eigenvalue weighted by molar-refractivity contribution is 0.669. The van der Waals surface area contributed by atoms with Gasteiger partial charge in [-0.3, -0.25) is 0 Å². The van der Waals surface area contributed by atoms with Gasteiger partial charge < -0.3 is 4.42 Å². The van der Waals surface area contributed by atoms with Gasteiger partial charge in [-0.05, 0) is 63.6 Å². The smallest absolute Gasteiger partial charge is 0.164 e. The average molecular weight is 634 g/mol. The van der Waals surface area contributed by atoms with Crippen LogP contribution in [0.5, 0.6) is 0 Å². The Morgan fingerprint density at radius 1 is 0.408 bits per heavy atom. The van der Waals surface area contributed by atoms with Gasteiger partial charge in [0.05, 0.1) is 8.22 Å². The Balaban J connectivity index is 1.29. The van der Waals surface area contributed by atoms with Crippen molar-refractivity contribution in [3.8, 4) is 67.5 Å². The summed E-state index contributed by atoms with van der Waals surface area (Å²) in [6.07, 6.45) is 0. The standard InChI is InChI=1S/C45H29N3O/c1-4-13-30(14-5-1)33-19-10-21-35(27-33)38-23-12-24-40-42(38)39-26-25-37(29-41(39)49-40)45-47-43(32-17-8-3-9-18-32)46-44(48-45)36-22-11-20-34(28-36)31-15-6-2-7-16-31/h1-29H/i12D,23D,24D,25D,26D,29D. The molecule has 0 unspecified atom stereocenters. The minimum absolute atomic E-state index is 0.0177. The van der Waals surface area contributed by atoms with Crippen LogP contribution in [0.1, 0.15) is 8.22 Å². The molecule has 0 atom stereocenters. The van der Waals surface area contributed by atoms with E-state index in [-0.39, 0.29) is 69.6 Å². The third-order valence-corrected chi connectivity index (χ3v) is 8.45. The van der Waals surface area contributed by atoms with Crippen molar-refractivity contribution in [1.29, 1.82) is 0 Å². The number of nitrogens with zero attached hydrogens (tertiary/aromatic N) is 3. The molecule has 0 fully saturated rings. The number of furan rings is 1. The topological polar surface area (TPSA) is 51.8 Å². The van der Waals surface area contributed by atoms with Crippen LogP contribution in [-0.2, 0) is 0 Å². The summed E-state index contributed by atoms with van der Waals surface area (Å²) in [5, 5.41) is 0.354. The van der Waals surface area contributed by atoms with Crippen LogP contribution in [0.15, 0.2) is 180 Å². The van der Waals surface area contributed by atoms with E-state index in [0.717, 1.165) is 22.3 Å². The summed E-state index contributed by atoms with van der Waals surface area (Å²) < 4.78 is 61.1. The molecular formula is C45H29N3O. The summed E-state index contributed by atoms with van der Waals surface area (Å²) in [7, 11) is 0. The van der Waals surface area contributed by atoms with Gasteiger partial charge in [-0.1, -0.05) is 146 Å². The highest BCUT2D eigenvalue weighted by Gasteiger charge is 2.17. The minimum atomic E-state index is -0.344. The molecule has 0 N–H and O–H groups in total. The summed E-state index contributed by atoms with van der Waals surface area (Å²) in [6, 6.07) is 42.6. The molecule has 4 nitrogen and oxygen atoms in total. The zero-order valence-electron chi connectivity index (χ0n) is 32.0. The van der Waals surface area contributed by atoms with Crippen molar-refractivity contribution in [2.24, 2.45) is 0 Å². The van der Waals surface area contributed by atoms with E-state index >= 15 is 0 Å². The van der Waals surface area contributed by atoms with Crippen LogP contribution in [0.4, 0.5) is 0 Å². The van der Waals surface area contributed by atoms with Crippen molar-refractivity contribution < 1.29 is 12.6 Å². The zero-order valence-corrected chi connectivity index (χ0v) is 26.0. The number of fused-ring (bicyclic) bond motifs is 3. The Labute approximate surface area is 292 Å². The maximum Gasteiger partial charge on any atom is 0.164 e. The van der Waals surface area contributed by atoms with Crippen molar-refractivity contribution in [3.05, 3.63) is 176 Å². The molecule has 9 rings (SSSR count). The van der Waals surface area contributed by atoms with Gasteiger partial charge in [0.2, 0.25) is 0 Å². The van der Waals surface area contributed by atoms with Gasteiger partial charge in [-0.2, -0.15) is 0 Å². The van der Waals surface area contributed by atoms with Crippen LogP contribution in [0, 0.1) is 0 Å². The summed E-state index contributed by atoms with van der Waals surface area (Å²) >= 11 is 0. The van der Waals surface area contributed by atoms with Gasteiger partial charge in [0.15, 0.2) is 17.5 Å². The molecule has 2 heterocycles. The lowest BCUT2D eigenvalue weighted by Gasteiger charge is -2.10. The summed E-state index contributed by atoms with van der Waals surface area (Å²) in [6.45, 7) is 0. The molecule has 0 saturated carbocycles. The van der Waals surface area contributed by atoms with E-state index in [0.29, 0.717) is 33.9 Å². The molecule has 0 aliphatic carbocycles. The molecule has 230 valence electrons. The molecule has 49 heavy (non-hydrogen) atoms. The van der Waals surface area contributed by atoms with E-state index in [1.54, 1.807) is 0 Å². The summed E-state index contributed by atoms with van der Waals surface area (Å²) in [5.41, 5.74) is 5.96. The third kappa shape index (κ3) is 5.45. The van der Waals surface area contributed by atoms with Gasteiger partial charge in [-0.15, -0.1) is 0 Å². The molecule has 0 aliphatic rings. The highest BCUT2D eigenvalue weighted by Crippen LogP contribution is 2.39. The maximum atomic E-state index is 9.49. The predicted molar refractivity (Wildman–Crippen MR) is 200 cm³/mol. The van der Waals surface area contributed by atoms with Gasteiger partial charge in [0.25, 0.3) is 0 Å². The average Bonchev–Trinajstić information content (AvgIpc) is 3.64. The second kappa shape index (κ2) is 12.2. The van der Waals surface area contributed by atoms with Crippen molar-refractivity contribution in [1.82, 2.24) is 15.0 Å². The number of hydrogen-bond donors (Lipinski definition) is 0. The van der Waals surface area contributed by atoms with Gasteiger partial charge in [0.1, 0.15) is 11.2 Å². The monoisotopic (exact) mass is 633 g/mol. The van der Waals surface area contributed by atoms with Crippen molar-refractivity contribution in [3.63, 3.8) is 0 Å². The Bertz CT molecular complexity index is 2940. The SMILES string of the molecule is [2H]c1c([2H])c(-c2cccc(-c3ccccc3)c2)c2c(oc3c([2H])c(-c4nc(-c5ccccc5)nc(-c5cccc(-c6ccccc6)c5)n4)c([2H])c([2H])c32)c1[2H]. The number of hydrogen-bond acceptors (Lipinski definition) is 4. The van der Waals surface area contributed by atoms with E-state index in [4.69, 9.17) is 23.5 Å². The molecule has 7 aromatic carbocycles. The molecular weight excluding hydrogens is 599 g/mol. The van der Waals surface area contributed by atoms with E-state index in [1.165, 1.54) is 0 Å². The summed E-state index contributed by atoms with van der Waals surface area (Å²) in [4.78, 5) is 14.4. The van der Waals surface area contributed by atoms with Crippen LogP contribution in [0.25, 0.3) is 89.5 Å². The first-order valence-electron chi connectivity index (χ1n) is 18.9. The van der Waals surface area contributed by atoms with E-state index in [2.05, 4.69) is 0 Å². The second-order valence-electron chi connectivity index (χ2n) is 11.6. The molecule has 0 radical (unpaired) electrons. The molecule has 0 amide bonds. The molecule has 0 bridgehead atoms. The lowest BCUT2D eigenvalue weighted by Crippen LogP contribution is -2.00. The van der Waals surface area contributed by atoms with Crippen LogP contribution in [-0.4, -0.2) is 15.0 Å². The largest absolute Gasteiger partial charge is 0.456 e. The highest BCUT2D eigenvalue weighted by atomic mass is 16.3. The molecule has 0 spiro atoms. The minimum Gasteiger partial charge on any atom is -0.456 e. The zero-order chi connectivity index (χ0) is 37.8. The number of aromatic nitrogens is 3. The quantitative estimate of drug-likeness (QED) is 0.183. The number of benzene rings is 7. The fraction of sp³-hybridized carbons (Fsp3) is 0. The fourth-order valence-electron chi connectivity index (χ4n) is 6.06. The molecule has 0 saturated heterocycles. The normalized spacial score (nSPS) is 13.0. The first kappa shape index (κ1) is 22.8. The molecule has 0 aliphatic heterocycles. The molecule has 9 aromatic rings. The van der Waals surface area contributed by atoms with Crippen molar-refractivity contribution in [2.45, 2.75) is 0 Å². The van der Waals surface area contributed by atoms with Crippen LogP contribution in [0.2, 0.25) is 0 Å². The highest BCUT2D eigenvalue weighted by molar-refractivity contribution is 6.13. The second-order valence-corrected chi connectivity index (χ2v) is 11.6. The van der Waals surface area contributed by atoms with Gasteiger partial charge in [0, 0.05) is 27.5 Å². The van der Waals surface area contributed by atoms with Crippen molar-refractivity contribution >= 4 is 21.9 Å². The predicted octanol–water partition coefficient (Wildman–Crippen LogP) is 11.8. The van der Waals surface area contributed by atoms with E-state index in [1.807, 2.05) is 140 Å². The van der Waals surface area contributed by atoms with Crippen LogP contribution < -0.4 is 0 Å². The maximum absolute atomic E-state index is 9.49. The van der Waals surface area contributed by atoms with Crippen LogP contribution >= 0.6 is 0 Å². The first-order valence-corrected chi connectivity index (χ1v) is 15.9. The molecule has 2 aromatic heterocycles. The van der Waals surface area contributed by atoms with Gasteiger partial charge in [-0.25, -0.2) is 15.0 Å². The van der Waals surface area contributed by atoms with E-state index in [9.17, 15) is 4.11 Å². The van der Waals surface area contributed by atoms with Crippen LogP contribution in [0.3, 0.4) is 0 Å². The Morgan fingerprint density at radius 3 is 1.57 bits per heavy atom. The Hall–Kier alpha value is -6.65. The third-order valence-electron chi connectivity index (χ3n) is 8.45. The van der Waals surface area contributed by atoms with Crippen molar-refractivity contribution in [2.75, 3.05) is 0 Å². The van der Waals surface area contributed by atoms with E-state index < -0.39 is 0 Å². The summed E-state index contributed by atoms with van der Waals surface area (Å²) in [5.74, 6) is 0.667. The number of rotatable bonds is 6. The fourth-order valence-corrected chi connectivity index (χ4v) is 6.06. The lowest BCUT2D eigenvalue weighted by atomic mass is 9.96. The Morgan fingerprint density at radius 2 is 0.918 bits per heavy atom.